The SMILES string of the molecule is COc1cc(C)c(NC(=O)N2CCC(c3ccncc3)CC2)cc1F. The van der Waals surface area contributed by atoms with Crippen molar-refractivity contribution in [3.05, 3.63) is 53.6 Å². The first kappa shape index (κ1) is 17.2. The van der Waals surface area contributed by atoms with Gasteiger partial charge < -0.3 is 15.0 Å². The summed E-state index contributed by atoms with van der Waals surface area (Å²) >= 11 is 0. The van der Waals surface area contributed by atoms with Crippen LogP contribution in [0.3, 0.4) is 0 Å². The molecule has 2 aromatic rings. The Morgan fingerprint density at radius 3 is 2.60 bits per heavy atom. The second-order valence-corrected chi connectivity index (χ2v) is 6.27. The van der Waals surface area contributed by atoms with Gasteiger partial charge in [-0.1, -0.05) is 0 Å². The van der Waals surface area contributed by atoms with Crippen LogP contribution in [0.5, 0.6) is 5.75 Å². The van der Waals surface area contributed by atoms with E-state index in [0.717, 1.165) is 18.4 Å². The van der Waals surface area contributed by atoms with Crippen LogP contribution in [0.2, 0.25) is 0 Å². The summed E-state index contributed by atoms with van der Waals surface area (Å²) in [6.45, 7) is 3.17. The number of aromatic nitrogens is 1. The maximum Gasteiger partial charge on any atom is 0.321 e. The van der Waals surface area contributed by atoms with Crippen molar-refractivity contribution in [3.63, 3.8) is 0 Å². The molecule has 2 heterocycles. The number of benzene rings is 1. The van der Waals surface area contributed by atoms with Gasteiger partial charge in [-0.2, -0.15) is 0 Å². The van der Waals surface area contributed by atoms with Crippen LogP contribution in [0.15, 0.2) is 36.7 Å². The minimum Gasteiger partial charge on any atom is -0.494 e. The Hall–Kier alpha value is -2.63. The van der Waals surface area contributed by atoms with Crippen molar-refractivity contribution < 1.29 is 13.9 Å². The standard InChI is InChI=1S/C19H22FN3O2/c1-13-11-18(25-2)16(20)12-17(13)22-19(24)23-9-5-15(6-10-23)14-3-7-21-8-4-14/h3-4,7-8,11-12,15H,5-6,9-10H2,1-2H3,(H,22,24). The highest BCUT2D eigenvalue weighted by atomic mass is 19.1. The Morgan fingerprint density at radius 2 is 1.96 bits per heavy atom. The number of rotatable bonds is 3. The molecule has 1 saturated heterocycles. The molecule has 0 spiro atoms. The summed E-state index contributed by atoms with van der Waals surface area (Å²) < 4.78 is 18.8. The molecule has 1 aromatic heterocycles. The molecule has 3 rings (SSSR count). The first-order valence-electron chi connectivity index (χ1n) is 8.38. The fraction of sp³-hybridized carbons (Fsp3) is 0.368. The van der Waals surface area contributed by atoms with Gasteiger partial charge in [0.2, 0.25) is 0 Å². The van der Waals surface area contributed by atoms with Crippen LogP contribution in [0.25, 0.3) is 0 Å². The molecule has 0 atom stereocenters. The van der Waals surface area contributed by atoms with E-state index >= 15 is 0 Å². The summed E-state index contributed by atoms with van der Waals surface area (Å²) in [6, 6.07) is 6.75. The number of likely N-dealkylation sites (tertiary alicyclic amines) is 1. The summed E-state index contributed by atoms with van der Waals surface area (Å²) in [5.74, 6) is 0.140. The smallest absolute Gasteiger partial charge is 0.321 e. The van der Waals surface area contributed by atoms with Gasteiger partial charge in [-0.25, -0.2) is 9.18 Å². The van der Waals surface area contributed by atoms with E-state index in [1.807, 2.05) is 19.1 Å². The number of nitrogens with zero attached hydrogens (tertiary/aromatic N) is 2. The minimum absolute atomic E-state index is 0.175. The number of halogens is 1. The molecule has 1 N–H and O–H groups in total. The molecule has 1 aliphatic rings. The zero-order valence-electron chi connectivity index (χ0n) is 14.5. The first-order chi connectivity index (χ1) is 12.1. The Kier molecular flexibility index (Phi) is 5.16. The summed E-state index contributed by atoms with van der Waals surface area (Å²) in [5, 5.41) is 2.81. The molecular formula is C19H22FN3O2. The van der Waals surface area contributed by atoms with Gasteiger partial charge in [-0.3, -0.25) is 4.98 Å². The zero-order valence-corrected chi connectivity index (χ0v) is 14.5. The molecule has 1 aliphatic heterocycles. The van der Waals surface area contributed by atoms with Gasteiger partial charge in [0.05, 0.1) is 7.11 Å². The van der Waals surface area contributed by atoms with Crippen molar-refractivity contribution >= 4 is 11.7 Å². The van der Waals surface area contributed by atoms with Gasteiger partial charge in [0.1, 0.15) is 0 Å². The van der Waals surface area contributed by atoms with E-state index in [1.165, 1.54) is 18.7 Å². The third kappa shape index (κ3) is 3.90. The second-order valence-electron chi connectivity index (χ2n) is 6.27. The molecule has 0 saturated carbocycles. The number of piperidine rings is 1. The number of carbonyl (C=O) groups excluding carboxylic acids is 1. The number of hydrogen-bond acceptors (Lipinski definition) is 3. The monoisotopic (exact) mass is 343 g/mol. The predicted molar refractivity (Wildman–Crippen MR) is 94.5 cm³/mol. The normalized spacial score (nSPS) is 15.1. The van der Waals surface area contributed by atoms with Crippen LogP contribution in [0.1, 0.15) is 29.9 Å². The largest absolute Gasteiger partial charge is 0.494 e. The van der Waals surface area contributed by atoms with Crippen molar-refractivity contribution in [2.75, 3.05) is 25.5 Å². The Bertz CT molecular complexity index is 744. The summed E-state index contributed by atoms with van der Waals surface area (Å²) in [7, 11) is 1.42. The third-order valence-corrected chi connectivity index (χ3v) is 4.70. The topological polar surface area (TPSA) is 54.5 Å². The van der Waals surface area contributed by atoms with Crippen LogP contribution in [0.4, 0.5) is 14.9 Å². The molecule has 25 heavy (non-hydrogen) atoms. The summed E-state index contributed by atoms with van der Waals surface area (Å²) in [4.78, 5) is 18.3. The molecule has 6 heteroatoms. The molecule has 5 nitrogen and oxygen atoms in total. The predicted octanol–water partition coefficient (Wildman–Crippen LogP) is 3.95. The summed E-state index contributed by atoms with van der Waals surface area (Å²) in [6.07, 6.45) is 5.42. The van der Waals surface area contributed by atoms with Crippen molar-refractivity contribution in [2.24, 2.45) is 0 Å². The number of nitrogens with one attached hydrogen (secondary N) is 1. The van der Waals surface area contributed by atoms with E-state index in [-0.39, 0.29) is 11.8 Å². The van der Waals surface area contributed by atoms with Crippen molar-refractivity contribution in [1.29, 1.82) is 0 Å². The van der Waals surface area contributed by atoms with E-state index in [9.17, 15) is 9.18 Å². The highest BCUT2D eigenvalue weighted by Crippen LogP contribution is 2.29. The van der Waals surface area contributed by atoms with E-state index in [2.05, 4.69) is 10.3 Å². The van der Waals surface area contributed by atoms with Crippen molar-refractivity contribution in [3.8, 4) is 5.75 Å². The molecular weight excluding hydrogens is 321 g/mol. The maximum absolute atomic E-state index is 13.9. The highest BCUT2D eigenvalue weighted by Gasteiger charge is 2.24. The molecule has 0 bridgehead atoms. The number of anilines is 1. The number of aryl methyl sites for hydroxylation is 1. The van der Waals surface area contributed by atoms with Crippen molar-refractivity contribution in [2.45, 2.75) is 25.7 Å². The molecule has 0 radical (unpaired) electrons. The maximum atomic E-state index is 13.9. The number of methoxy groups -OCH3 is 1. The number of carbonyl (C=O) groups is 1. The van der Waals surface area contributed by atoms with Crippen LogP contribution >= 0.6 is 0 Å². The van der Waals surface area contributed by atoms with Crippen LogP contribution in [-0.4, -0.2) is 36.1 Å². The van der Waals surface area contributed by atoms with Crippen LogP contribution < -0.4 is 10.1 Å². The number of hydrogen-bond donors (Lipinski definition) is 1. The van der Waals surface area contributed by atoms with Crippen molar-refractivity contribution in [1.82, 2.24) is 9.88 Å². The van der Waals surface area contributed by atoms with Crippen LogP contribution in [-0.2, 0) is 0 Å². The number of amides is 2. The average molecular weight is 343 g/mol. The second kappa shape index (κ2) is 7.51. The molecule has 0 aliphatic carbocycles. The Balaban J connectivity index is 1.61. The van der Waals surface area contributed by atoms with E-state index in [0.29, 0.717) is 24.7 Å². The molecule has 0 unspecified atom stereocenters. The Labute approximate surface area is 146 Å². The van der Waals surface area contributed by atoms with Gasteiger partial charge in [0.15, 0.2) is 11.6 Å². The fourth-order valence-electron chi connectivity index (χ4n) is 3.19. The van der Waals surface area contributed by atoms with Crippen LogP contribution in [0, 0.1) is 12.7 Å². The zero-order chi connectivity index (χ0) is 17.8. The van der Waals surface area contributed by atoms with E-state index in [4.69, 9.17) is 4.74 Å². The lowest BCUT2D eigenvalue weighted by molar-refractivity contribution is 0.194. The summed E-state index contributed by atoms with van der Waals surface area (Å²) in [5.41, 5.74) is 2.50. The number of urea groups is 1. The lowest BCUT2D eigenvalue weighted by atomic mass is 9.90. The number of pyridine rings is 1. The van der Waals surface area contributed by atoms with Gasteiger partial charge in [-0.05, 0) is 55.0 Å². The van der Waals surface area contributed by atoms with E-state index in [1.54, 1.807) is 23.4 Å². The van der Waals surface area contributed by atoms with Gasteiger partial charge >= 0.3 is 6.03 Å². The molecule has 1 aromatic carbocycles. The lowest BCUT2D eigenvalue weighted by Crippen LogP contribution is -2.40. The quantitative estimate of drug-likeness (QED) is 0.918. The minimum atomic E-state index is -0.486. The van der Waals surface area contributed by atoms with E-state index < -0.39 is 5.82 Å². The Morgan fingerprint density at radius 1 is 1.28 bits per heavy atom. The van der Waals surface area contributed by atoms with Gasteiger partial charge in [-0.15, -0.1) is 0 Å². The molecule has 1 fully saturated rings. The first-order valence-corrected chi connectivity index (χ1v) is 8.38. The lowest BCUT2D eigenvalue weighted by Gasteiger charge is -2.32. The molecule has 132 valence electrons. The van der Waals surface area contributed by atoms with Gasteiger partial charge in [0.25, 0.3) is 0 Å². The van der Waals surface area contributed by atoms with Gasteiger partial charge in [0, 0.05) is 37.2 Å². The molecule has 2 amide bonds. The third-order valence-electron chi connectivity index (χ3n) is 4.70. The highest BCUT2D eigenvalue weighted by molar-refractivity contribution is 5.90. The number of ether oxygens (including phenoxy) is 1. The fourth-order valence-corrected chi connectivity index (χ4v) is 3.19. The average Bonchev–Trinajstić information content (AvgIpc) is 2.65.